The molecule has 172 valence electrons. The molecular formula is C16H18N5O9PS. The number of aliphatic hydroxyl groups excluding tert-OH is 3. The number of phenolic OH excluding ortho intramolecular Hbond substituents is 1. The zero-order chi connectivity index (χ0) is 23.2. The average molecular weight is 487 g/mol. The number of aromatic amines is 1. The molecule has 8 N–H and O–H groups in total. The molecule has 1 saturated heterocycles. The molecule has 2 aromatic heterocycles. The number of nitrogens with zero attached hydrogens (tertiary/aromatic N) is 3. The molecule has 1 aromatic carbocycles. The third-order valence-electron chi connectivity index (χ3n) is 4.71. The number of rotatable bonds is 6. The van der Waals surface area contributed by atoms with E-state index in [1.165, 1.54) is 24.3 Å². The van der Waals surface area contributed by atoms with Gasteiger partial charge in [-0.1, -0.05) is 0 Å². The second kappa shape index (κ2) is 8.46. The molecule has 16 heteroatoms. The maximum atomic E-state index is 12.5. The number of phenols is 1. The molecule has 3 aromatic rings. The maximum absolute atomic E-state index is 12.5. The van der Waals surface area contributed by atoms with Crippen molar-refractivity contribution in [3.8, 4) is 5.75 Å². The van der Waals surface area contributed by atoms with Gasteiger partial charge in [0.05, 0.1) is 6.33 Å². The fourth-order valence-corrected chi connectivity index (χ4v) is 5.11. The number of fused-ring (bicyclic) bond motifs is 1. The molecule has 32 heavy (non-hydrogen) atoms. The van der Waals surface area contributed by atoms with Crippen LogP contribution < -0.4 is 11.3 Å². The second-order valence-electron chi connectivity index (χ2n) is 6.88. The Morgan fingerprint density at radius 2 is 1.97 bits per heavy atom. The minimum atomic E-state index is -4.80. The SMILES string of the molecule is Nc1nc2c(ncn2[C@@H]2O[C@H](C(O)P(=O)(O)OSc3ccc(O)cc3)[C@@H](O)[C@H]2O)c(=O)[nH]1. The molecule has 0 amide bonds. The lowest BCUT2D eigenvalue weighted by Gasteiger charge is -2.24. The van der Waals surface area contributed by atoms with Crippen molar-refractivity contribution in [2.45, 2.75) is 35.3 Å². The van der Waals surface area contributed by atoms with Crippen LogP contribution in [0.3, 0.4) is 0 Å². The zero-order valence-electron chi connectivity index (χ0n) is 15.9. The molecule has 1 aliphatic rings. The van der Waals surface area contributed by atoms with Crippen LogP contribution >= 0.6 is 19.6 Å². The van der Waals surface area contributed by atoms with Gasteiger partial charge in [0.2, 0.25) is 5.95 Å². The highest BCUT2D eigenvalue weighted by Gasteiger charge is 2.53. The lowest BCUT2D eigenvalue weighted by atomic mass is 10.1. The van der Waals surface area contributed by atoms with Gasteiger partial charge < -0.3 is 35.8 Å². The normalized spacial score (nSPS) is 26.2. The number of hydrogen-bond donors (Lipinski definition) is 7. The number of hydrogen-bond acceptors (Lipinski definition) is 12. The summed E-state index contributed by atoms with van der Waals surface area (Å²) < 4.78 is 24.0. The van der Waals surface area contributed by atoms with Crippen LogP contribution in [-0.4, -0.2) is 69.0 Å². The summed E-state index contributed by atoms with van der Waals surface area (Å²) in [6, 6.07) is 5.49. The first-order valence-electron chi connectivity index (χ1n) is 8.98. The van der Waals surface area contributed by atoms with Gasteiger partial charge in [0, 0.05) is 16.9 Å². The van der Waals surface area contributed by atoms with Crippen molar-refractivity contribution in [1.29, 1.82) is 0 Å². The van der Waals surface area contributed by atoms with Crippen molar-refractivity contribution >= 4 is 36.8 Å². The van der Waals surface area contributed by atoms with Crippen LogP contribution in [0.2, 0.25) is 0 Å². The van der Waals surface area contributed by atoms with Gasteiger partial charge in [0.1, 0.15) is 24.1 Å². The number of aliphatic hydroxyl groups is 3. The van der Waals surface area contributed by atoms with Crippen LogP contribution in [0.1, 0.15) is 6.23 Å². The minimum Gasteiger partial charge on any atom is -0.508 e. The summed E-state index contributed by atoms with van der Waals surface area (Å²) in [4.78, 5) is 32.5. The summed E-state index contributed by atoms with van der Waals surface area (Å²) in [5.74, 6) is -2.49. The van der Waals surface area contributed by atoms with Crippen LogP contribution in [0.25, 0.3) is 11.2 Å². The van der Waals surface area contributed by atoms with E-state index in [4.69, 9.17) is 14.4 Å². The third-order valence-corrected chi connectivity index (χ3v) is 7.28. The topological polar surface area (TPSA) is 226 Å². The Kier molecular flexibility index (Phi) is 6.00. The molecule has 0 saturated carbocycles. The van der Waals surface area contributed by atoms with Gasteiger partial charge in [0.25, 0.3) is 5.56 Å². The molecule has 6 atom stereocenters. The Morgan fingerprint density at radius 3 is 2.66 bits per heavy atom. The summed E-state index contributed by atoms with van der Waals surface area (Å²) in [5, 5.41) is 40.5. The molecule has 0 bridgehead atoms. The maximum Gasteiger partial charge on any atom is 0.370 e. The van der Waals surface area contributed by atoms with Gasteiger partial charge in [-0.15, -0.1) is 0 Å². The number of nitrogens with one attached hydrogen (secondary N) is 1. The lowest BCUT2D eigenvalue weighted by molar-refractivity contribution is -0.0658. The molecule has 14 nitrogen and oxygen atoms in total. The monoisotopic (exact) mass is 487 g/mol. The quantitative estimate of drug-likeness (QED) is 0.168. The van der Waals surface area contributed by atoms with Crippen molar-refractivity contribution in [3.05, 3.63) is 40.9 Å². The molecule has 3 heterocycles. The number of nitrogens with two attached hydrogens (primary N) is 1. The Bertz CT molecular complexity index is 1230. The average Bonchev–Trinajstić information content (AvgIpc) is 3.28. The van der Waals surface area contributed by atoms with Gasteiger partial charge in [-0.25, -0.2) is 8.95 Å². The number of aromatic hydroxyl groups is 1. The summed E-state index contributed by atoms with van der Waals surface area (Å²) in [6.45, 7) is 0. The number of aromatic nitrogens is 4. The van der Waals surface area contributed by atoms with E-state index in [-0.39, 0.29) is 22.9 Å². The van der Waals surface area contributed by atoms with Crippen LogP contribution in [0.15, 0.2) is 40.3 Å². The van der Waals surface area contributed by atoms with E-state index in [1.807, 2.05) is 0 Å². The Morgan fingerprint density at radius 1 is 1.28 bits per heavy atom. The summed E-state index contributed by atoms with van der Waals surface area (Å²) >= 11 is 0.468. The van der Waals surface area contributed by atoms with Crippen molar-refractivity contribution < 1.29 is 38.6 Å². The van der Waals surface area contributed by atoms with E-state index in [0.29, 0.717) is 16.9 Å². The Hall–Kier alpha value is -2.49. The number of anilines is 1. The molecule has 0 spiro atoms. The van der Waals surface area contributed by atoms with Crippen molar-refractivity contribution in [1.82, 2.24) is 19.5 Å². The van der Waals surface area contributed by atoms with Crippen LogP contribution in [0.5, 0.6) is 5.75 Å². The van der Waals surface area contributed by atoms with Gasteiger partial charge in [0.15, 0.2) is 23.2 Å². The molecule has 4 rings (SSSR count). The van der Waals surface area contributed by atoms with Gasteiger partial charge in [-0.05, 0) is 24.3 Å². The lowest BCUT2D eigenvalue weighted by Crippen LogP contribution is -2.38. The van der Waals surface area contributed by atoms with Crippen LogP contribution in [0, 0.1) is 0 Å². The van der Waals surface area contributed by atoms with Gasteiger partial charge in [-0.2, -0.15) is 4.98 Å². The van der Waals surface area contributed by atoms with Crippen molar-refractivity contribution in [3.63, 3.8) is 0 Å². The number of nitrogen functional groups attached to an aromatic ring is 1. The second-order valence-corrected chi connectivity index (χ2v) is 9.77. The highest BCUT2D eigenvalue weighted by atomic mass is 32.2. The van der Waals surface area contributed by atoms with E-state index in [9.17, 15) is 34.7 Å². The third kappa shape index (κ3) is 4.12. The Balaban J connectivity index is 1.54. The van der Waals surface area contributed by atoms with Crippen LogP contribution in [-0.2, 0) is 13.3 Å². The predicted molar refractivity (Wildman–Crippen MR) is 109 cm³/mol. The summed E-state index contributed by atoms with van der Waals surface area (Å²) in [7, 11) is -4.80. The van der Waals surface area contributed by atoms with E-state index >= 15 is 0 Å². The Labute approximate surface area is 183 Å². The standard InChI is InChI=1S/C16H18N5O9PS/c17-16-19-12-8(13(25)20-16)18-5-21(12)14-10(24)9(23)11(29-14)15(26)31(27,28)30-32-7-3-1-6(22)2-4-7/h1-5,9-11,14-15,22-24,26H,(H,27,28)(H3,17,19,20,25)/t9-,10+,11-,14+,15?/m0/s1. The largest absolute Gasteiger partial charge is 0.508 e. The minimum absolute atomic E-state index is 0.0191. The molecule has 1 aliphatic heterocycles. The number of imidazole rings is 1. The highest BCUT2D eigenvalue weighted by Crippen LogP contribution is 2.54. The highest BCUT2D eigenvalue weighted by molar-refractivity contribution is 7.98. The zero-order valence-corrected chi connectivity index (χ0v) is 17.6. The number of H-pyrrole nitrogens is 1. The van der Waals surface area contributed by atoms with Crippen molar-refractivity contribution in [2.75, 3.05) is 5.73 Å². The first-order valence-corrected chi connectivity index (χ1v) is 11.4. The molecule has 2 unspecified atom stereocenters. The first-order chi connectivity index (χ1) is 15.1. The van der Waals surface area contributed by atoms with Gasteiger partial charge in [-0.3, -0.25) is 18.9 Å². The summed E-state index contributed by atoms with van der Waals surface area (Å²) in [5.41, 5.74) is 4.71. The van der Waals surface area contributed by atoms with Crippen molar-refractivity contribution in [2.24, 2.45) is 0 Å². The molecule has 0 aliphatic carbocycles. The van der Waals surface area contributed by atoms with E-state index in [0.717, 1.165) is 10.9 Å². The van der Waals surface area contributed by atoms with E-state index in [2.05, 4.69) is 15.0 Å². The summed E-state index contributed by atoms with van der Waals surface area (Å²) in [6.07, 6.45) is -5.51. The fourth-order valence-electron chi connectivity index (χ4n) is 3.12. The molecule has 1 fully saturated rings. The smallest absolute Gasteiger partial charge is 0.370 e. The van der Waals surface area contributed by atoms with Gasteiger partial charge >= 0.3 is 7.60 Å². The molecular weight excluding hydrogens is 469 g/mol. The van der Waals surface area contributed by atoms with E-state index < -0.39 is 43.5 Å². The van der Waals surface area contributed by atoms with E-state index in [1.54, 1.807) is 0 Å². The van der Waals surface area contributed by atoms with Crippen LogP contribution in [0.4, 0.5) is 5.95 Å². The molecule has 0 radical (unpaired) electrons. The predicted octanol–water partition coefficient (Wildman–Crippen LogP) is -0.746. The number of ether oxygens (including phenoxy) is 1. The number of benzene rings is 1. The first kappa shape index (κ1) is 22.7. The fraction of sp³-hybridized carbons (Fsp3) is 0.312.